The van der Waals surface area contributed by atoms with Gasteiger partial charge in [-0.3, -0.25) is 9.36 Å². The van der Waals surface area contributed by atoms with Gasteiger partial charge in [-0.1, -0.05) is 31.2 Å². The summed E-state index contributed by atoms with van der Waals surface area (Å²) in [4.78, 5) is 11.5. The van der Waals surface area contributed by atoms with Crippen molar-refractivity contribution in [1.82, 2.24) is 5.32 Å². The summed E-state index contributed by atoms with van der Waals surface area (Å²) < 4.78 is 51.1. The Morgan fingerprint density at radius 1 is 1.21 bits per heavy atom. The minimum atomic E-state index is -4.60. The molecule has 1 amide bonds. The molecule has 0 fully saturated rings. The third-order valence-corrected chi connectivity index (χ3v) is 5.62. The second-order valence-electron chi connectivity index (χ2n) is 5.29. The molecular formula is C16H24F2NO4P. The summed E-state index contributed by atoms with van der Waals surface area (Å²) in [7, 11) is -3.06. The first-order valence-electron chi connectivity index (χ1n) is 7.79. The van der Waals surface area contributed by atoms with E-state index in [-0.39, 0.29) is 25.0 Å². The highest BCUT2D eigenvalue weighted by molar-refractivity contribution is 7.54. The topological polar surface area (TPSA) is 64.6 Å². The van der Waals surface area contributed by atoms with Crippen LogP contribution >= 0.6 is 7.60 Å². The van der Waals surface area contributed by atoms with E-state index in [1.54, 1.807) is 14.0 Å². The summed E-state index contributed by atoms with van der Waals surface area (Å²) in [5.41, 5.74) is -3.46. The molecule has 1 N–H and O–H groups in total. The van der Waals surface area contributed by atoms with Crippen molar-refractivity contribution in [3.05, 3.63) is 35.4 Å². The highest BCUT2D eigenvalue weighted by Gasteiger charge is 2.54. The van der Waals surface area contributed by atoms with Gasteiger partial charge in [0.2, 0.25) is 5.91 Å². The zero-order valence-electron chi connectivity index (χ0n) is 14.3. The van der Waals surface area contributed by atoms with Crippen molar-refractivity contribution in [3.63, 3.8) is 0 Å². The summed E-state index contributed by atoms with van der Waals surface area (Å²) >= 11 is 0. The smallest absolute Gasteiger partial charge is 0.359 e. The molecule has 0 heterocycles. The van der Waals surface area contributed by atoms with Crippen molar-refractivity contribution in [1.29, 1.82) is 0 Å². The summed E-state index contributed by atoms with van der Waals surface area (Å²) in [5, 5.41) is 2.54. The van der Waals surface area contributed by atoms with Crippen molar-refractivity contribution in [2.75, 3.05) is 20.3 Å². The number of carbonyl (C=O) groups excluding carboxylic acids is 1. The standard InChI is InChI=1S/C16H24F2NO4P/c1-5-22-24(21,23-6-2)16(17,18)14-9-7-13(8-10-14)11-12(3)15(20)19-4/h7-10,12H,5-6,11H2,1-4H3,(H,19,20)/t12-/m0/s1. The first-order valence-corrected chi connectivity index (χ1v) is 9.34. The number of hydrogen-bond donors (Lipinski definition) is 1. The Balaban J connectivity index is 3.01. The van der Waals surface area contributed by atoms with E-state index >= 15 is 0 Å². The van der Waals surface area contributed by atoms with E-state index in [9.17, 15) is 18.1 Å². The van der Waals surface area contributed by atoms with Gasteiger partial charge >= 0.3 is 13.3 Å². The fourth-order valence-corrected chi connectivity index (χ4v) is 3.78. The zero-order chi connectivity index (χ0) is 18.4. The molecule has 0 aromatic heterocycles. The minimum absolute atomic E-state index is 0.124. The van der Waals surface area contributed by atoms with Gasteiger partial charge < -0.3 is 14.4 Å². The maximum Gasteiger partial charge on any atom is 0.404 e. The van der Waals surface area contributed by atoms with Gasteiger partial charge in [0, 0.05) is 18.5 Å². The van der Waals surface area contributed by atoms with Gasteiger partial charge in [-0.05, 0) is 25.8 Å². The maximum atomic E-state index is 14.6. The van der Waals surface area contributed by atoms with Gasteiger partial charge in [0.05, 0.1) is 13.2 Å². The first-order chi connectivity index (χ1) is 11.2. The zero-order valence-corrected chi connectivity index (χ0v) is 15.2. The molecule has 0 spiro atoms. The molecule has 0 saturated heterocycles. The predicted molar refractivity (Wildman–Crippen MR) is 88.1 cm³/mol. The third kappa shape index (κ3) is 4.62. The van der Waals surface area contributed by atoms with Crippen molar-refractivity contribution < 1.29 is 27.2 Å². The molecule has 1 atom stereocenters. The molecule has 136 valence electrons. The SMILES string of the molecule is CCOP(=O)(OCC)C(F)(F)c1ccc(C[C@H](C)C(=O)NC)cc1. The Bertz CT molecular complexity index is 582. The highest BCUT2D eigenvalue weighted by atomic mass is 31.2. The molecule has 24 heavy (non-hydrogen) atoms. The van der Waals surface area contributed by atoms with Crippen LogP contribution in [-0.4, -0.2) is 26.2 Å². The molecule has 0 aliphatic rings. The second-order valence-corrected chi connectivity index (χ2v) is 7.36. The van der Waals surface area contributed by atoms with Crippen molar-refractivity contribution in [2.24, 2.45) is 5.92 Å². The van der Waals surface area contributed by atoms with Gasteiger partial charge in [0.1, 0.15) is 0 Å². The normalized spacial score (nSPS) is 13.6. The maximum absolute atomic E-state index is 14.6. The van der Waals surface area contributed by atoms with Crippen LogP contribution in [0, 0.1) is 5.92 Å². The van der Waals surface area contributed by atoms with Crippen LogP contribution in [0.5, 0.6) is 0 Å². The molecule has 5 nitrogen and oxygen atoms in total. The summed E-state index contributed by atoms with van der Waals surface area (Å²) in [6.45, 7) is 4.42. The Morgan fingerprint density at radius 3 is 2.12 bits per heavy atom. The molecule has 8 heteroatoms. The fourth-order valence-electron chi connectivity index (χ4n) is 2.23. The van der Waals surface area contributed by atoms with E-state index in [1.807, 2.05) is 0 Å². The number of hydrogen-bond acceptors (Lipinski definition) is 4. The number of carbonyl (C=O) groups is 1. The minimum Gasteiger partial charge on any atom is -0.359 e. The second kappa shape index (κ2) is 8.70. The van der Waals surface area contributed by atoms with Crippen LogP contribution in [0.3, 0.4) is 0 Å². The van der Waals surface area contributed by atoms with Crippen LogP contribution in [0.25, 0.3) is 0 Å². The lowest BCUT2D eigenvalue weighted by molar-refractivity contribution is -0.123. The van der Waals surface area contributed by atoms with E-state index < -0.39 is 18.8 Å². The molecular weight excluding hydrogens is 339 g/mol. The van der Waals surface area contributed by atoms with Crippen LogP contribution in [0.4, 0.5) is 8.78 Å². The molecule has 1 aromatic rings. The molecule has 0 aliphatic carbocycles. The average molecular weight is 363 g/mol. The molecule has 0 bridgehead atoms. The molecule has 0 aliphatic heterocycles. The Labute approximate surface area is 141 Å². The van der Waals surface area contributed by atoms with Crippen molar-refractivity contribution in [2.45, 2.75) is 32.9 Å². The summed E-state index contributed by atoms with van der Waals surface area (Å²) in [6.07, 6.45) is 0.417. The molecule has 1 aromatic carbocycles. The van der Waals surface area contributed by atoms with Crippen LogP contribution < -0.4 is 5.32 Å². The number of amides is 1. The predicted octanol–water partition coefficient (Wildman–Crippen LogP) is 3.93. The Morgan fingerprint density at radius 2 is 1.71 bits per heavy atom. The molecule has 0 saturated carbocycles. The Hall–Kier alpha value is -1.30. The highest BCUT2D eigenvalue weighted by Crippen LogP contribution is 2.66. The Kier molecular flexibility index (Phi) is 7.52. The average Bonchev–Trinajstić information content (AvgIpc) is 2.54. The quantitative estimate of drug-likeness (QED) is 0.675. The van der Waals surface area contributed by atoms with Gasteiger partial charge in [0.25, 0.3) is 0 Å². The number of halogens is 2. The lowest BCUT2D eigenvalue weighted by Crippen LogP contribution is -2.26. The van der Waals surface area contributed by atoms with Crippen LogP contribution in [0.15, 0.2) is 24.3 Å². The fraction of sp³-hybridized carbons (Fsp3) is 0.562. The number of benzene rings is 1. The van der Waals surface area contributed by atoms with Gasteiger partial charge in [-0.2, -0.15) is 8.78 Å². The van der Waals surface area contributed by atoms with Crippen molar-refractivity contribution in [3.8, 4) is 0 Å². The van der Waals surface area contributed by atoms with E-state index in [4.69, 9.17) is 9.05 Å². The van der Waals surface area contributed by atoms with Gasteiger partial charge in [-0.25, -0.2) is 0 Å². The number of rotatable bonds is 9. The summed E-state index contributed by atoms with van der Waals surface area (Å²) in [6, 6.07) is 5.36. The van der Waals surface area contributed by atoms with Crippen molar-refractivity contribution >= 4 is 13.5 Å². The van der Waals surface area contributed by atoms with Gasteiger partial charge in [-0.15, -0.1) is 0 Å². The van der Waals surface area contributed by atoms with E-state index in [0.717, 1.165) is 5.56 Å². The monoisotopic (exact) mass is 363 g/mol. The number of nitrogens with one attached hydrogen (secondary N) is 1. The van der Waals surface area contributed by atoms with Crippen LogP contribution in [-0.2, 0) is 30.5 Å². The molecule has 0 radical (unpaired) electrons. The van der Waals surface area contributed by atoms with E-state index in [2.05, 4.69) is 5.32 Å². The number of alkyl halides is 2. The van der Waals surface area contributed by atoms with E-state index in [0.29, 0.717) is 6.42 Å². The van der Waals surface area contributed by atoms with Gasteiger partial charge in [0.15, 0.2) is 0 Å². The third-order valence-electron chi connectivity index (χ3n) is 3.48. The molecule has 0 unspecified atom stereocenters. The first kappa shape index (κ1) is 20.7. The lowest BCUT2D eigenvalue weighted by atomic mass is 9.99. The molecule has 1 rings (SSSR count). The van der Waals surface area contributed by atoms with Crippen LogP contribution in [0.1, 0.15) is 31.9 Å². The van der Waals surface area contributed by atoms with E-state index in [1.165, 1.54) is 38.1 Å². The van der Waals surface area contributed by atoms with Crippen LogP contribution in [0.2, 0.25) is 0 Å². The lowest BCUT2D eigenvalue weighted by Gasteiger charge is -2.26. The largest absolute Gasteiger partial charge is 0.404 e. The summed E-state index contributed by atoms with van der Waals surface area (Å²) in [5.74, 6) is -0.402.